The van der Waals surface area contributed by atoms with Gasteiger partial charge in [0.1, 0.15) is 36.1 Å². The number of benzene rings is 3. The van der Waals surface area contributed by atoms with E-state index in [1.165, 1.54) is 25.6 Å². The Morgan fingerprint density at radius 1 is 1.11 bits per heavy atom. The summed E-state index contributed by atoms with van der Waals surface area (Å²) >= 11 is 6.42. The number of carbonyl (C=O) groups is 2. The third kappa shape index (κ3) is 6.54. The first kappa shape index (κ1) is 26.4. The Labute approximate surface area is 222 Å². The number of ether oxygens (including phenoxy) is 2. The second kappa shape index (κ2) is 12.0. The first-order valence-corrected chi connectivity index (χ1v) is 11.7. The van der Waals surface area contributed by atoms with Crippen molar-refractivity contribution in [2.75, 3.05) is 24.3 Å². The Bertz CT molecular complexity index is 1510. The fourth-order valence-electron chi connectivity index (χ4n) is 3.50. The lowest BCUT2D eigenvalue weighted by atomic mass is 10.1. The van der Waals surface area contributed by atoms with Crippen molar-refractivity contribution < 1.29 is 23.5 Å². The molecule has 0 fully saturated rings. The van der Waals surface area contributed by atoms with E-state index in [2.05, 4.69) is 32.5 Å². The molecule has 0 spiro atoms. The highest BCUT2D eigenvalue weighted by atomic mass is 35.5. The Morgan fingerprint density at radius 2 is 1.95 bits per heavy atom. The van der Waals surface area contributed by atoms with Crippen LogP contribution in [-0.4, -0.2) is 35.4 Å². The third-order valence-electron chi connectivity index (χ3n) is 5.32. The molecule has 4 aromatic rings. The van der Waals surface area contributed by atoms with Crippen LogP contribution in [0.5, 0.6) is 11.5 Å². The van der Waals surface area contributed by atoms with E-state index < -0.39 is 11.8 Å². The highest BCUT2D eigenvalue weighted by Gasteiger charge is 2.14. The zero-order valence-corrected chi connectivity index (χ0v) is 21.0. The number of amides is 2. The monoisotopic (exact) mass is 535 g/mol. The topological polar surface area (TPSA) is 114 Å². The molecule has 0 bridgehead atoms. The van der Waals surface area contributed by atoms with Crippen molar-refractivity contribution in [3.8, 4) is 11.5 Å². The molecule has 1 aromatic heterocycles. The highest BCUT2D eigenvalue weighted by Crippen LogP contribution is 2.34. The molecule has 38 heavy (non-hydrogen) atoms. The molecule has 11 heteroatoms. The first-order valence-electron chi connectivity index (χ1n) is 11.3. The zero-order valence-electron chi connectivity index (χ0n) is 20.3. The van der Waals surface area contributed by atoms with Crippen LogP contribution in [-0.2, 0) is 16.2 Å². The lowest BCUT2D eigenvalue weighted by molar-refractivity contribution is -0.121. The van der Waals surface area contributed by atoms with Crippen LogP contribution in [0.3, 0.4) is 0 Å². The van der Waals surface area contributed by atoms with Gasteiger partial charge in [-0.15, -0.1) is 0 Å². The van der Waals surface area contributed by atoms with Gasteiger partial charge in [-0.1, -0.05) is 30.3 Å². The molecule has 0 aliphatic rings. The molecule has 0 atom stereocenters. The van der Waals surface area contributed by atoms with Gasteiger partial charge in [0.05, 0.1) is 29.9 Å². The smallest absolute Gasteiger partial charge is 0.243 e. The number of halogens is 2. The summed E-state index contributed by atoms with van der Waals surface area (Å²) in [6.07, 6.45) is 2.47. The molecule has 0 aliphatic carbocycles. The molecule has 4 rings (SSSR count). The van der Waals surface area contributed by atoms with Gasteiger partial charge in [0, 0.05) is 17.1 Å². The van der Waals surface area contributed by atoms with Crippen molar-refractivity contribution in [1.82, 2.24) is 15.3 Å². The van der Waals surface area contributed by atoms with Crippen LogP contribution in [0.4, 0.5) is 21.6 Å². The lowest BCUT2D eigenvalue weighted by Gasteiger charge is -2.14. The molecule has 1 heterocycles. The Hall–Kier alpha value is -4.70. The average molecular weight is 536 g/mol. The van der Waals surface area contributed by atoms with Gasteiger partial charge in [0.2, 0.25) is 11.8 Å². The second-order valence-electron chi connectivity index (χ2n) is 7.95. The fourth-order valence-corrected chi connectivity index (χ4v) is 3.74. The van der Waals surface area contributed by atoms with Crippen LogP contribution in [0, 0.1) is 5.82 Å². The molecule has 0 radical (unpaired) electrons. The third-order valence-corrected chi connectivity index (χ3v) is 5.61. The van der Waals surface area contributed by atoms with E-state index >= 15 is 0 Å². The summed E-state index contributed by atoms with van der Waals surface area (Å²) in [6.45, 7) is 3.27. The van der Waals surface area contributed by atoms with E-state index in [1.807, 2.05) is 0 Å². The standard InChI is InChI=1S/C27H23ClFN5O4/c1-3-25(35)30-13-26(36)34-22-11-19-21(12-24(22)37-2)31-15-32-27(19)33-18-7-8-23(20(28)10-18)38-14-16-5-4-6-17(29)9-16/h3-12,15H,1,13-14H2,2H3,(H,30,35)(H,34,36)(H,31,32,33). The van der Waals surface area contributed by atoms with Crippen LogP contribution in [0.2, 0.25) is 5.02 Å². The minimum atomic E-state index is -0.463. The maximum Gasteiger partial charge on any atom is 0.243 e. The summed E-state index contributed by atoms with van der Waals surface area (Å²) in [5.41, 5.74) is 2.24. The summed E-state index contributed by atoms with van der Waals surface area (Å²) in [4.78, 5) is 32.3. The van der Waals surface area contributed by atoms with Crippen molar-refractivity contribution in [3.63, 3.8) is 0 Å². The number of hydrogen-bond donors (Lipinski definition) is 3. The SMILES string of the molecule is C=CC(=O)NCC(=O)Nc1cc2c(Nc3ccc(OCc4cccc(F)c4)c(Cl)c3)ncnc2cc1OC. The Balaban J connectivity index is 1.53. The average Bonchev–Trinajstić information content (AvgIpc) is 2.91. The number of nitrogens with zero attached hydrogens (tertiary/aromatic N) is 2. The molecule has 0 aliphatic heterocycles. The molecule has 194 valence electrons. The van der Waals surface area contributed by atoms with E-state index in [4.69, 9.17) is 21.1 Å². The fraction of sp³-hybridized carbons (Fsp3) is 0.111. The number of carbonyl (C=O) groups excluding carboxylic acids is 2. The van der Waals surface area contributed by atoms with E-state index in [0.717, 1.165) is 6.08 Å². The zero-order chi connectivity index (χ0) is 27.1. The molecule has 0 unspecified atom stereocenters. The number of aromatic nitrogens is 2. The number of anilines is 3. The number of nitrogens with one attached hydrogen (secondary N) is 3. The second-order valence-corrected chi connectivity index (χ2v) is 8.36. The summed E-state index contributed by atoms with van der Waals surface area (Å²) in [7, 11) is 1.47. The molecule has 3 aromatic carbocycles. The van der Waals surface area contributed by atoms with Crippen molar-refractivity contribution >= 4 is 51.5 Å². The maximum atomic E-state index is 13.4. The molecule has 0 saturated carbocycles. The van der Waals surface area contributed by atoms with E-state index in [-0.39, 0.29) is 19.0 Å². The molecule has 0 saturated heterocycles. The number of methoxy groups -OCH3 is 1. The molecule has 2 amide bonds. The summed E-state index contributed by atoms with van der Waals surface area (Å²) in [5, 5.41) is 9.28. The van der Waals surface area contributed by atoms with Gasteiger partial charge in [-0.2, -0.15) is 0 Å². The minimum Gasteiger partial charge on any atom is -0.494 e. The van der Waals surface area contributed by atoms with Crippen LogP contribution < -0.4 is 25.4 Å². The summed E-state index contributed by atoms with van der Waals surface area (Å²) < 4.78 is 24.5. The van der Waals surface area contributed by atoms with Gasteiger partial charge in [-0.25, -0.2) is 14.4 Å². The summed E-state index contributed by atoms with van der Waals surface area (Å²) in [5.74, 6) is 0.0197. The largest absolute Gasteiger partial charge is 0.494 e. The maximum absolute atomic E-state index is 13.4. The van der Waals surface area contributed by atoms with Gasteiger partial charge in [-0.05, 0) is 48.0 Å². The molecular formula is C27H23ClFN5O4. The van der Waals surface area contributed by atoms with Crippen LogP contribution >= 0.6 is 11.6 Å². The minimum absolute atomic E-state index is 0.161. The van der Waals surface area contributed by atoms with Gasteiger partial charge < -0.3 is 25.4 Å². The first-order chi connectivity index (χ1) is 18.4. The van der Waals surface area contributed by atoms with E-state index in [9.17, 15) is 14.0 Å². The Kier molecular flexibility index (Phi) is 8.34. The number of hydrogen-bond acceptors (Lipinski definition) is 7. The lowest BCUT2D eigenvalue weighted by Crippen LogP contribution is -2.31. The predicted octanol–water partition coefficient (Wildman–Crippen LogP) is 4.99. The molecule has 3 N–H and O–H groups in total. The molecule has 9 nitrogen and oxygen atoms in total. The number of fused-ring (bicyclic) bond motifs is 1. The summed E-state index contributed by atoms with van der Waals surface area (Å²) in [6, 6.07) is 14.6. The molecular weight excluding hydrogens is 513 g/mol. The van der Waals surface area contributed by atoms with Crippen molar-refractivity contribution in [2.24, 2.45) is 0 Å². The van der Waals surface area contributed by atoms with Crippen molar-refractivity contribution in [3.05, 3.63) is 90.0 Å². The van der Waals surface area contributed by atoms with Crippen LogP contribution in [0.25, 0.3) is 10.9 Å². The van der Waals surface area contributed by atoms with Gasteiger partial charge >= 0.3 is 0 Å². The van der Waals surface area contributed by atoms with E-state index in [0.29, 0.717) is 50.2 Å². The predicted molar refractivity (Wildman–Crippen MR) is 143 cm³/mol. The van der Waals surface area contributed by atoms with Crippen LogP contribution in [0.15, 0.2) is 73.6 Å². The van der Waals surface area contributed by atoms with Gasteiger partial charge in [-0.3, -0.25) is 9.59 Å². The van der Waals surface area contributed by atoms with Gasteiger partial charge in [0.25, 0.3) is 0 Å². The quantitative estimate of drug-likeness (QED) is 0.245. The van der Waals surface area contributed by atoms with E-state index in [1.54, 1.807) is 42.5 Å². The highest BCUT2D eigenvalue weighted by molar-refractivity contribution is 6.32. The van der Waals surface area contributed by atoms with Crippen molar-refractivity contribution in [1.29, 1.82) is 0 Å². The normalized spacial score (nSPS) is 10.5. The van der Waals surface area contributed by atoms with Crippen LogP contribution in [0.1, 0.15) is 5.56 Å². The van der Waals surface area contributed by atoms with Gasteiger partial charge in [0.15, 0.2) is 0 Å². The van der Waals surface area contributed by atoms with Crippen molar-refractivity contribution in [2.45, 2.75) is 6.61 Å². The Morgan fingerprint density at radius 3 is 2.68 bits per heavy atom. The number of rotatable bonds is 10.